The first kappa shape index (κ1) is 19.9. The van der Waals surface area contributed by atoms with Gasteiger partial charge in [-0.25, -0.2) is 13.9 Å². The standard InChI is InChI=1S/C23H26FN5O2/c24-16-6-3-5-15(13-16)18-8-4-12-28(18)22-11-10-21-25-14-19(29(21)27-22)23(31)26-17-7-1-2-9-20(17)30/h3,5-6,10-11,13-14,17-18,20,30H,1-2,4,7-9,12H2,(H,26,31)/t17-,18+,20-/m0/s1. The molecule has 1 aliphatic carbocycles. The molecule has 2 aliphatic rings. The Morgan fingerprint density at radius 1 is 1.13 bits per heavy atom. The van der Waals surface area contributed by atoms with Crippen molar-refractivity contribution in [2.75, 3.05) is 11.4 Å². The maximum atomic E-state index is 13.8. The Hall–Kier alpha value is -3.00. The maximum Gasteiger partial charge on any atom is 0.271 e. The van der Waals surface area contributed by atoms with Gasteiger partial charge >= 0.3 is 0 Å². The molecule has 3 aromatic rings. The summed E-state index contributed by atoms with van der Waals surface area (Å²) in [5.41, 5.74) is 1.85. The number of aliphatic hydroxyl groups is 1. The van der Waals surface area contributed by atoms with Crippen LogP contribution in [0.2, 0.25) is 0 Å². The molecule has 2 aromatic heterocycles. The second kappa shape index (κ2) is 8.26. The van der Waals surface area contributed by atoms with Crippen LogP contribution in [0.1, 0.15) is 60.6 Å². The van der Waals surface area contributed by atoms with Crippen LogP contribution < -0.4 is 10.2 Å². The first-order chi connectivity index (χ1) is 15.1. The van der Waals surface area contributed by atoms with E-state index < -0.39 is 6.10 Å². The van der Waals surface area contributed by atoms with Crippen LogP contribution in [0.4, 0.5) is 10.2 Å². The summed E-state index contributed by atoms with van der Waals surface area (Å²) in [6, 6.07) is 10.2. The molecule has 0 unspecified atom stereocenters. The Morgan fingerprint density at radius 2 is 2.00 bits per heavy atom. The highest BCUT2D eigenvalue weighted by atomic mass is 19.1. The molecule has 3 heterocycles. The second-order valence-corrected chi connectivity index (χ2v) is 8.44. The number of amides is 1. The van der Waals surface area contributed by atoms with Crippen LogP contribution in [-0.2, 0) is 0 Å². The van der Waals surface area contributed by atoms with Crippen molar-refractivity contribution in [1.29, 1.82) is 0 Å². The van der Waals surface area contributed by atoms with Crippen LogP contribution in [0.15, 0.2) is 42.6 Å². The summed E-state index contributed by atoms with van der Waals surface area (Å²) in [5.74, 6) is 0.196. The van der Waals surface area contributed by atoms with Gasteiger partial charge in [-0.1, -0.05) is 25.0 Å². The fourth-order valence-electron chi connectivity index (χ4n) is 4.79. The number of benzene rings is 1. The van der Waals surface area contributed by atoms with Gasteiger partial charge in [0.2, 0.25) is 0 Å². The predicted octanol–water partition coefficient (Wildman–Crippen LogP) is 3.24. The fourth-order valence-corrected chi connectivity index (χ4v) is 4.79. The molecule has 1 aromatic carbocycles. The summed E-state index contributed by atoms with van der Waals surface area (Å²) in [4.78, 5) is 19.4. The van der Waals surface area contributed by atoms with Gasteiger partial charge in [-0.15, -0.1) is 5.10 Å². The summed E-state index contributed by atoms with van der Waals surface area (Å²) >= 11 is 0. The summed E-state index contributed by atoms with van der Waals surface area (Å²) in [6.45, 7) is 0.810. The van der Waals surface area contributed by atoms with E-state index in [1.807, 2.05) is 18.2 Å². The van der Waals surface area contributed by atoms with Crippen molar-refractivity contribution in [3.63, 3.8) is 0 Å². The number of aromatic nitrogens is 3. The highest BCUT2D eigenvalue weighted by Gasteiger charge is 2.29. The number of carbonyl (C=O) groups excluding carboxylic acids is 1. The first-order valence-corrected chi connectivity index (χ1v) is 11.0. The van der Waals surface area contributed by atoms with Crippen LogP contribution in [0.25, 0.3) is 5.65 Å². The van der Waals surface area contributed by atoms with Gasteiger partial charge in [-0.2, -0.15) is 0 Å². The van der Waals surface area contributed by atoms with Crippen molar-refractivity contribution in [1.82, 2.24) is 19.9 Å². The van der Waals surface area contributed by atoms with E-state index in [-0.39, 0.29) is 23.8 Å². The van der Waals surface area contributed by atoms with E-state index in [0.29, 0.717) is 17.8 Å². The molecule has 162 valence electrons. The maximum absolute atomic E-state index is 13.8. The number of carbonyl (C=O) groups is 1. The highest BCUT2D eigenvalue weighted by Crippen LogP contribution is 2.35. The van der Waals surface area contributed by atoms with Gasteiger partial charge < -0.3 is 15.3 Å². The van der Waals surface area contributed by atoms with Crippen molar-refractivity contribution in [3.05, 3.63) is 59.7 Å². The zero-order chi connectivity index (χ0) is 21.4. The molecule has 3 atom stereocenters. The second-order valence-electron chi connectivity index (χ2n) is 8.44. The number of imidazole rings is 1. The van der Waals surface area contributed by atoms with Crippen LogP contribution in [-0.4, -0.2) is 44.3 Å². The van der Waals surface area contributed by atoms with E-state index >= 15 is 0 Å². The number of nitrogens with one attached hydrogen (secondary N) is 1. The van der Waals surface area contributed by atoms with Crippen molar-refractivity contribution in [3.8, 4) is 0 Å². The minimum atomic E-state index is -0.517. The molecule has 2 fully saturated rings. The predicted molar refractivity (Wildman–Crippen MR) is 114 cm³/mol. The molecule has 1 aliphatic heterocycles. The summed E-state index contributed by atoms with van der Waals surface area (Å²) in [7, 11) is 0. The minimum Gasteiger partial charge on any atom is -0.391 e. The summed E-state index contributed by atoms with van der Waals surface area (Å²) in [6.07, 6.45) is 6.35. The van der Waals surface area contributed by atoms with E-state index in [2.05, 4.69) is 15.2 Å². The first-order valence-electron chi connectivity index (χ1n) is 11.0. The molecular formula is C23H26FN5O2. The van der Waals surface area contributed by atoms with Gasteiger partial charge in [-0.3, -0.25) is 4.79 Å². The largest absolute Gasteiger partial charge is 0.391 e. The number of hydrogen-bond acceptors (Lipinski definition) is 5. The number of fused-ring (bicyclic) bond motifs is 1. The van der Waals surface area contributed by atoms with E-state index in [0.717, 1.165) is 50.0 Å². The SMILES string of the molecule is O=C(N[C@H]1CCCC[C@@H]1O)c1cnc2ccc(N3CCC[C@@H]3c3cccc(F)c3)nn12. The Bertz CT molecular complexity index is 1100. The van der Waals surface area contributed by atoms with Crippen LogP contribution in [0.5, 0.6) is 0 Å². The fraction of sp³-hybridized carbons (Fsp3) is 0.435. The van der Waals surface area contributed by atoms with Gasteiger partial charge in [0.05, 0.1) is 24.4 Å². The van der Waals surface area contributed by atoms with E-state index in [1.54, 1.807) is 16.6 Å². The number of rotatable bonds is 4. The molecule has 1 amide bonds. The van der Waals surface area contributed by atoms with Crippen molar-refractivity contribution < 1.29 is 14.3 Å². The molecule has 1 saturated carbocycles. The highest BCUT2D eigenvalue weighted by molar-refractivity contribution is 5.93. The van der Waals surface area contributed by atoms with Crippen molar-refractivity contribution >= 4 is 17.4 Å². The zero-order valence-electron chi connectivity index (χ0n) is 17.2. The average Bonchev–Trinajstić information content (AvgIpc) is 3.42. The molecule has 5 rings (SSSR count). The molecule has 1 saturated heterocycles. The van der Waals surface area contributed by atoms with Gasteiger partial charge in [0.25, 0.3) is 5.91 Å². The van der Waals surface area contributed by atoms with E-state index in [9.17, 15) is 14.3 Å². The lowest BCUT2D eigenvalue weighted by atomic mass is 9.92. The number of aliphatic hydroxyl groups excluding tert-OH is 1. The molecule has 8 heteroatoms. The third-order valence-corrected chi connectivity index (χ3v) is 6.41. The number of halogens is 1. The Labute approximate surface area is 179 Å². The quantitative estimate of drug-likeness (QED) is 0.673. The number of anilines is 1. The lowest BCUT2D eigenvalue weighted by molar-refractivity contribution is 0.0712. The van der Waals surface area contributed by atoms with Crippen LogP contribution in [0, 0.1) is 5.82 Å². The normalized spacial score (nSPS) is 23.9. The molecule has 31 heavy (non-hydrogen) atoms. The Balaban J connectivity index is 1.42. The summed E-state index contributed by atoms with van der Waals surface area (Å²) < 4.78 is 15.3. The van der Waals surface area contributed by atoms with Gasteiger partial charge in [-0.05, 0) is 55.5 Å². The molecular weight excluding hydrogens is 397 g/mol. The lowest BCUT2D eigenvalue weighted by Crippen LogP contribution is -2.45. The minimum absolute atomic E-state index is 0.0406. The number of nitrogens with zero attached hydrogens (tertiary/aromatic N) is 4. The molecule has 0 radical (unpaired) electrons. The van der Waals surface area contributed by atoms with E-state index in [4.69, 9.17) is 5.10 Å². The Morgan fingerprint density at radius 3 is 2.84 bits per heavy atom. The summed E-state index contributed by atoms with van der Waals surface area (Å²) in [5, 5.41) is 17.8. The third kappa shape index (κ3) is 3.87. The average molecular weight is 423 g/mol. The smallest absolute Gasteiger partial charge is 0.271 e. The topological polar surface area (TPSA) is 82.8 Å². The third-order valence-electron chi connectivity index (χ3n) is 6.41. The Kier molecular flexibility index (Phi) is 5.31. The van der Waals surface area contributed by atoms with Crippen LogP contribution in [0.3, 0.4) is 0 Å². The molecule has 2 N–H and O–H groups in total. The number of hydrogen-bond donors (Lipinski definition) is 2. The van der Waals surface area contributed by atoms with Gasteiger partial charge in [0.15, 0.2) is 11.3 Å². The molecule has 0 bridgehead atoms. The molecule has 7 nitrogen and oxygen atoms in total. The monoisotopic (exact) mass is 423 g/mol. The lowest BCUT2D eigenvalue weighted by Gasteiger charge is -2.28. The van der Waals surface area contributed by atoms with Gasteiger partial charge in [0.1, 0.15) is 11.6 Å². The van der Waals surface area contributed by atoms with Crippen LogP contribution >= 0.6 is 0 Å². The van der Waals surface area contributed by atoms with Crippen molar-refractivity contribution in [2.24, 2.45) is 0 Å². The van der Waals surface area contributed by atoms with Gasteiger partial charge in [0, 0.05) is 6.54 Å². The van der Waals surface area contributed by atoms with E-state index in [1.165, 1.54) is 12.3 Å². The zero-order valence-corrected chi connectivity index (χ0v) is 17.2. The molecule has 0 spiro atoms. The van der Waals surface area contributed by atoms with Crippen molar-refractivity contribution in [2.45, 2.75) is 56.7 Å².